The van der Waals surface area contributed by atoms with Gasteiger partial charge < -0.3 is 9.42 Å². The average Bonchev–Trinajstić information content (AvgIpc) is 3.32. The summed E-state index contributed by atoms with van der Waals surface area (Å²) in [6.07, 6.45) is 1.91. The van der Waals surface area contributed by atoms with E-state index in [-0.39, 0.29) is 5.92 Å². The van der Waals surface area contributed by atoms with Crippen molar-refractivity contribution < 1.29 is 4.52 Å². The molecule has 0 aliphatic carbocycles. The van der Waals surface area contributed by atoms with Crippen LogP contribution in [0.2, 0.25) is 0 Å². The Hall–Kier alpha value is -2.77. The van der Waals surface area contributed by atoms with Gasteiger partial charge >= 0.3 is 0 Å². The lowest BCUT2D eigenvalue weighted by Gasteiger charge is -2.30. The van der Waals surface area contributed by atoms with Crippen molar-refractivity contribution >= 4 is 5.95 Å². The number of anilines is 1. The predicted molar refractivity (Wildman–Crippen MR) is 91.7 cm³/mol. The Morgan fingerprint density at radius 2 is 1.88 bits per heavy atom. The number of hydrogen-bond donors (Lipinski definition) is 0. The van der Waals surface area contributed by atoms with E-state index < -0.39 is 0 Å². The number of aromatic nitrogens is 6. The van der Waals surface area contributed by atoms with Gasteiger partial charge in [0, 0.05) is 24.9 Å². The first-order chi connectivity index (χ1) is 12.2. The van der Waals surface area contributed by atoms with Gasteiger partial charge in [-0.1, -0.05) is 42.3 Å². The molecule has 0 atom stereocenters. The number of rotatable bonds is 4. The Balaban J connectivity index is 1.47. The highest BCUT2D eigenvalue weighted by atomic mass is 16.5. The van der Waals surface area contributed by atoms with Crippen LogP contribution in [0.4, 0.5) is 5.95 Å². The van der Waals surface area contributed by atoms with Gasteiger partial charge in [-0.3, -0.25) is 0 Å². The molecule has 0 spiro atoms. The molecule has 0 bridgehead atoms. The van der Waals surface area contributed by atoms with Crippen molar-refractivity contribution in [1.29, 1.82) is 0 Å². The molecule has 1 aliphatic heterocycles. The zero-order chi connectivity index (χ0) is 17.2. The number of para-hydroxylation sites is 1. The predicted octanol–water partition coefficient (Wildman–Crippen LogP) is 2.55. The van der Waals surface area contributed by atoms with Gasteiger partial charge in [0.15, 0.2) is 5.82 Å². The summed E-state index contributed by atoms with van der Waals surface area (Å²) in [5.74, 6) is 2.91. The van der Waals surface area contributed by atoms with E-state index in [9.17, 15) is 0 Å². The maximum Gasteiger partial charge on any atom is 0.250 e. The summed E-state index contributed by atoms with van der Waals surface area (Å²) < 4.78 is 7.13. The van der Waals surface area contributed by atoms with Gasteiger partial charge in [0.05, 0.1) is 5.69 Å². The van der Waals surface area contributed by atoms with Crippen molar-refractivity contribution in [2.75, 3.05) is 18.0 Å². The number of hydrogen-bond acceptors (Lipinski definition) is 7. The third-order valence-electron chi connectivity index (χ3n) is 4.55. The second-order valence-corrected chi connectivity index (χ2v) is 6.63. The molecule has 3 aromatic rings. The van der Waals surface area contributed by atoms with Gasteiger partial charge in [0.1, 0.15) is 0 Å². The first kappa shape index (κ1) is 15.7. The second kappa shape index (κ2) is 6.62. The molecule has 8 heteroatoms. The van der Waals surface area contributed by atoms with Crippen LogP contribution in [0, 0.1) is 0 Å². The smallest absolute Gasteiger partial charge is 0.250 e. The average molecular weight is 339 g/mol. The Morgan fingerprint density at radius 3 is 2.56 bits per heavy atom. The number of tetrazole rings is 1. The SMILES string of the molecule is CC(C)c1nc(C2CCN(c3nnnn3-c3ccccc3)CC2)no1. The molecule has 0 unspecified atom stereocenters. The Labute approximate surface area is 145 Å². The van der Waals surface area contributed by atoms with Crippen LogP contribution >= 0.6 is 0 Å². The summed E-state index contributed by atoms with van der Waals surface area (Å²) >= 11 is 0. The van der Waals surface area contributed by atoms with Crippen LogP contribution in [-0.4, -0.2) is 43.4 Å². The van der Waals surface area contributed by atoms with Crippen molar-refractivity contribution in [3.63, 3.8) is 0 Å². The lowest BCUT2D eigenvalue weighted by molar-refractivity contribution is 0.353. The molecular formula is C17H21N7O. The lowest BCUT2D eigenvalue weighted by atomic mass is 9.96. The molecule has 1 saturated heterocycles. The molecule has 0 saturated carbocycles. The van der Waals surface area contributed by atoms with Gasteiger partial charge in [-0.2, -0.15) is 9.67 Å². The minimum Gasteiger partial charge on any atom is -0.339 e. The first-order valence-corrected chi connectivity index (χ1v) is 8.64. The molecule has 2 aromatic heterocycles. The van der Waals surface area contributed by atoms with Gasteiger partial charge in [-0.15, -0.1) is 0 Å². The molecule has 0 amide bonds. The molecule has 0 radical (unpaired) electrons. The summed E-state index contributed by atoms with van der Waals surface area (Å²) in [4.78, 5) is 6.76. The molecule has 130 valence electrons. The maximum atomic E-state index is 5.34. The van der Waals surface area contributed by atoms with Crippen LogP contribution in [0.1, 0.15) is 50.2 Å². The fourth-order valence-corrected chi connectivity index (χ4v) is 3.10. The third-order valence-corrected chi connectivity index (χ3v) is 4.55. The highest BCUT2D eigenvalue weighted by Gasteiger charge is 2.27. The quantitative estimate of drug-likeness (QED) is 0.722. The highest BCUT2D eigenvalue weighted by molar-refractivity contribution is 5.40. The standard InChI is InChI=1S/C17H21N7O/c1-12(2)16-18-15(20-25-16)13-8-10-23(11-9-13)17-19-21-22-24(17)14-6-4-3-5-7-14/h3-7,12-13H,8-11H2,1-2H3. The number of benzene rings is 1. The van der Waals surface area contributed by atoms with Crippen LogP contribution in [0.25, 0.3) is 5.69 Å². The van der Waals surface area contributed by atoms with Crippen LogP contribution in [0.5, 0.6) is 0 Å². The van der Waals surface area contributed by atoms with E-state index in [0.29, 0.717) is 11.8 Å². The molecule has 4 rings (SSSR count). The maximum absolute atomic E-state index is 5.34. The van der Waals surface area contributed by atoms with E-state index in [4.69, 9.17) is 4.52 Å². The van der Waals surface area contributed by atoms with E-state index >= 15 is 0 Å². The van der Waals surface area contributed by atoms with Crippen LogP contribution in [0.3, 0.4) is 0 Å². The minimum absolute atomic E-state index is 0.261. The van der Waals surface area contributed by atoms with Crippen molar-refractivity contribution in [3.05, 3.63) is 42.0 Å². The normalized spacial score (nSPS) is 15.9. The second-order valence-electron chi connectivity index (χ2n) is 6.63. The van der Waals surface area contributed by atoms with Gasteiger partial charge in [0.25, 0.3) is 0 Å². The van der Waals surface area contributed by atoms with Crippen LogP contribution in [-0.2, 0) is 0 Å². The van der Waals surface area contributed by atoms with Crippen LogP contribution in [0.15, 0.2) is 34.9 Å². The van der Waals surface area contributed by atoms with E-state index in [2.05, 4.69) is 44.4 Å². The number of piperidine rings is 1. The summed E-state index contributed by atoms with van der Waals surface area (Å²) in [7, 11) is 0. The molecular weight excluding hydrogens is 318 g/mol. The van der Waals surface area contributed by atoms with Crippen molar-refractivity contribution in [1.82, 2.24) is 30.3 Å². The van der Waals surface area contributed by atoms with E-state index in [1.165, 1.54) is 0 Å². The van der Waals surface area contributed by atoms with Crippen molar-refractivity contribution in [3.8, 4) is 5.69 Å². The summed E-state index contributed by atoms with van der Waals surface area (Å²) in [6.45, 7) is 5.85. The monoisotopic (exact) mass is 339 g/mol. The summed E-state index contributed by atoms with van der Waals surface area (Å²) in [5, 5.41) is 16.4. The molecule has 1 fully saturated rings. The Bertz CT molecular complexity index is 818. The zero-order valence-electron chi connectivity index (χ0n) is 14.4. The van der Waals surface area contributed by atoms with Gasteiger partial charge in [-0.05, 0) is 35.4 Å². The first-order valence-electron chi connectivity index (χ1n) is 8.64. The topological polar surface area (TPSA) is 85.8 Å². The summed E-state index contributed by atoms with van der Waals surface area (Å²) in [5.41, 5.74) is 0.962. The van der Waals surface area contributed by atoms with Crippen molar-refractivity contribution in [2.24, 2.45) is 0 Å². The highest BCUT2D eigenvalue weighted by Crippen LogP contribution is 2.29. The fraction of sp³-hybridized carbons (Fsp3) is 0.471. The van der Waals surface area contributed by atoms with E-state index in [1.54, 1.807) is 4.68 Å². The molecule has 1 aliphatic rings. The molecule has 8 nitrogen and oxygen atoms in total. The third kappa shape index (κ3) is 3.11. The Kier molecular flexibility index (Phi) is 4.17. The Morgan fingerprint density at radius 1 is 1.12 bits per heavy atom. The fourth-order valence-electron chi connectivity index (χ4n) is 3.10. The molecule has 0 N–H and O–H groups in total. The van der Waals surface area contributed by atoms with Crippen LogP contribution < -0.4 is 4.90 Å². The number of nitrogens with zero attached hydrogens (tertiary/aromatic N) is 7. The lowest BCUT2D eigenvalue weighted by Crippen LogP contribution is -2.35. The van der Waals surface area contributed by atoms with Crippen molar-refractivity contribution in [2.45, 2.75) is 38.5 Å². The molecule has 25 heavy (non-hydrogen) atoms. The minimum atomic E-state index is 0.261. The molecule has 1 aromatic carbocycles. The summed E-state index contributed by atoms with van der Waals surface area (Å²) in [6, 6.07) is 9.94. The molecule has 3 heterocycles. The van der Waals surface area contributed by atoms with Gasteiger partial charge in [0.2, 0.25) is 11.8 Å². The largest absolute Gasteiger partial charge is 0.339 e. The zero-order valence-corrected chi connectivity index (χ0v) is 14.4. The van der Waals surface area contributed by atoms with Gasteiger partial charge in [-0.25, -0.2) is 0 Å². The van der Waals surface area contributed by atoms with E-state index in [0.717, 1.165) is 43.4 Å². The van der Waals surface area contributed by atoms with E-state index in [1.807, 2.05) is 30.3 Å².